The van der Waals surface area contributed by atoms with Crippen molar-refractivity contribution in [3.05, 3.63) is 255 Å². The molecule has 346 valence electrons. The fourth-order valence-corrected chi connectivity index (χ4v) is 14.6. The zero-order chi connectivity index (χ0) is 48.7. The predicted molar refractivity (Wildman–Crippen MR) is 310 cm³/mol. The molecule has 4 aliphatic rings. The molecule has 0 saturated carbocycles. The molecule has 0 aromatic heterocycles. The van der Waals surface area contributed by atoms with E-state index in [9.17, 15) is 0 Å². The average molecular weight is 981 g/mol. The molecule has 0 amide bonds. The Morgan fingerprint density at radius 1 is 0.284 bits per heavy atom. The second-order valence-electron chi connectivity index (χ2n) is 19.0. The summed E-state index contributed by atoms with van der Waals surface area (Å²) in [6, 6.07) is 91.8. The van der Waals surface area contributed by atoms with E-state index in [0.717, 1.165) is 68.0 Å². The molecule has 0 fully saturated rings. The first kappa shape index (κ1) is 43.1. The third kappa shape index (κ3) is 6.89. The molecule has 0 radical (unpaired) electrons. The predicted octanol–water partition coefficient (Wildman–Crippen LogP) is 14.1. The number of benzene rings is 11. The maximum absolute atomic E-state index is 7.16. The van der Waals surface area contributed by atoms with Crippen molar-refractivity contribution < 1.29 is 9.47 Å². The standard InChI is InChI=1S/C66H42B2N2O2S2/c1-7-23-43(24-8-1)59-63-65(73-57-41-49(39-55-61(57)67(63)51-35-19-21-37-53(51)71-55)69(45-27-11-3-12-28-45)46-29-13-4-14-30-46)60(44-25-9-2-10-26-44)66-64(59)68-52-36-20-22-38-54(52)72-56-40-50(42-58(74-66)62(56)68)70(47-31-15-5-16-32-47)48-33-17-6-18-34-48/h1-42H. The molecule has 0 unspecified atom stereocenters. The molecule has 4 nitrogen and oxygen atoms in total. The molecule has 0 spiro atoms. The van der Waals surface area contributed by atoms with Crippen LogP contribution in [-0.2, 0) is 0 Å². The minimum Gasteiger partial charge on any atom is -0.458 e. The van der Waals surface area contributed by atoms with Gasteiger partial charge in [0.1, 0.15) is 23.0 Å². The van der Waals surface area contributed by atoms with E-state index in [1.807, 2.05) is 23.5 Å². The van der Waals surface area contributed by atoms with Crippen molar-refractivity contribution in [1.29, 1.82) is 0 Å². The summed E-state index contributed by atoms with van der Waals surface area (Å²) in [6.07, 6.45) is 0. The number of hydrogen-bond acceptors (Lipinski definition) is 6. The van der Waals surface area contributed by atoms with Gasteiger partial charge < -0.3 is 19.3 Å². The molecule has 8 heteroatoms. The zero-order valence-electron chi connectivity index (χ0n) is 39.9. The maximum Gasteiger partial charge on any atom is 0.254 e. The van der Waals surface area contributed by atoms with Gasteiger partial charge in [0.05, 0.1) is 11.4 Å². The van der Waals surface area contributed by atoms with Gasteiger partial charge in [-0.05, 0) is 122 Å². The van der Waals surface area contributed by atoms with Gasteiger partial charge in [-0.1, -0.05) is 193 Å². The number of ether oxygens (including phenoxy) is 2. The normalized spacial score (nSPS) is 12.9. The van der Waals surface area contributed by atoms with Crippen LogP contribution in [0.15, 0.2) is 274 Å². The van der Waals surface area contributed by atoms with Crippen LogP contribution >= 0.6 is 23.5 Å². The van der Waals surface area contributed by atoms with E-state index in [-0.39, 0.29) is 13.4 Å². The fourth-order valence-electron chi connectivity index (χ4n) is 11.8. The Morgan fingerprint density at radius 2 is 0.608 bits per heavy atom. The summed E-state index contributed by atoms with van der Waals surface area (Å²) >= 11 is 3.78. The number of hydrogen-bond donors (Lipinski definition) is 0. The average Bonchev–Trinajstić information content (AvgIpc) is 3.48. The van der Waals surface area contributed by atoms with E-state index < -0.39 is 0 Å². The molecule has 4 aliphatic heterocycles. The van der Waals surface area contributed by atoms with E-state index in [1.165, 1.54) is 63.7 Å². The Bertz CT molecular complexity index is 3680. The first-order chi connectivity index (χ1) is 36.7. The lowest BCUT2D eigenvalue weighted by molar-refractivity contribution is 0.486. The molecule has 0 saturated heterocycles. The largest absolute Gasteiger partial charge is 0.458 e. The number of rotatable bonds is 8. The van der Waals surface area contributed by atoms with Crippen molar-refractivity contribution in [2.45, 2.75) is 19.6 Å². The Balaban J connectivity index is 1.05. The van der Waals surface area contributed by atoms with Crippen LogP contribution in [0.4, 0.5) is 34.1 Å². The summed E-state index contributed by atoms with van der Waals surface area (Å²) in [5.74, 6) is 3.51. The lowest BCUT2D eigenvalue weighted by Crippen LogP contribution is -2.63. The minimum atomic E-state index is -0.145. The van der Waals surface area contributed by atoms with E-state index in [4.69, 9.17) is 9.47 Å². The molecule has 4 heterocycles. The van der Waals surface area contributed by atoms with Gasteiger partial charge in [-0.3, -0.25) is 0 Å². The van der Waals surface area contributed by atoms with Gasteiger partial charge in [-0.15, -0.1) is 0 Å². The molecule has 0 aliphatic carbocycles. The summed E-state index contributed by atoms with van der Waals surface area (Å²) in [6.45, 7) is -0.289. The molecule has 74 heavy (non-hydrogen) atoms. The highest BCUT2D eigenvalue weighted by Crippen LogP contribution is 2.52. The van der Waals surface area contributed by atoms with Crippen LogP contribution in [-0.4, -0.2) is 13.4 Å². The summed E-state index contributed by atoms with van der Waals surface area (Å²) in [5.41, 5.74) is 18.6. The van der Waals surface area contributed by atoms with Gasteiger partial charge >= 0.3 is 0 Å². The van der Waals surface area contributed by atoms with Crippen molar-refractivity contribution in [3.63, 3.8) is 0 Å². The number of nitrogens with zero attached hydrogens (tertiary/aromatic N) is 2. The molecule has 0 bridgehead atoms. The van der Waals surface area contributed by atoms with Crippen LogP contribution < -0.4 is 52.1 Å². The summed E-state index contributed by atoms with van der Waals surface area (Å²) < 4.78 is 14.3. The van der Waals surface area contributed by atoms with Crippen LogP contribution in [0, 0.1) is 0 Å². The monoisotopic (exact) mass is 980 g/mol. The van der Waals surface area contributed by atoms with E-state index in [0.29, 0.717) is 0 Å². The van der Waals surface area contributed by atoms with Crippen LogP contribution in [0.3, 0.4) is 0 Å². The van der Waals surface area contributed by atoms with Gasteiger partial charge in [0.15, 0.2) is 0 Å². The Hall–Kier alpha value is -8.55. The van der Waals surface area contributed by atoms with Gasteiger partial charge in [0.25, 0.3) is 13.4 Å². The van der Waals surface area contributed by atoms with Crippen molar-refractivity contribution in [3.8, 4) is 45.3 Å². The number of fused-ring (bicyclic) bond motifs is 8. The first-order valence-electron chi connectivity index (χ1n) is 25.1. The van der Waals surface area contributed by atoms with Crippen molar-refractivity contribution >= 4 is 104 Å². The molecular weight excluding hydrogens is 938 g/mol. The second kappa shape index (κ2) is 17.6. The first-order valence-corrected chi connectivity index (χ1v) is 26.8. The smallest absolute Gasteiger partial charge is 0.254 e. The second-order valence-corrected chi connectivity index (χ2v) is 21.1. The zero-order valence-corrected chi connectivity index (χ0v) is 41.6. The highest BCUT2D eigenvalue weighted by Gasteiger charge is 2.48. The molecule has 11 aromatic carbocycles. The van der Waals surface area contributed by atoms with Gasteiger partial charge in [0, 0.05) is 60.0 Å². The Kier molecular flexibility index (Phi) is 10.2. The molecule has 15 rings (SSSR count). The third-order valence-electron chi connectivity index (χ3n) is 14.8. The minimum absolute atomic E-state index is 0.145. The molecule has 0 N–H and O–H groups in total. The highest BCUT2D eigenvalue weighted by atomic mass is 32.2. The van der Waals surface area contributed by atoms with Gasteiger partial charge in [-0.2, -0.15) is 0 Å². The van der Waals surface area contributed by atoms with Gasteiger partial charge in [-0.25, -0.2) is 0 Å². The third-order valence-corrected chi connectivity index (χ3v) is 17.2. The summed E-state index contributed by atoms with van der Waals surface area (Å²) in [7, 11) is 0. The highest BCUT2D eigenvalue weighted by molar-refractivity contribution is 8.01. The SMILES string of the molecule is c1ccc(-c2c3c(c(-c4ccccc4)c4c2Sc2cc(N(c5ccccc5)c5ccccc5)cc5c2B4c2ccccc2O5)B2c4ccccc4Oc4cc(N(c5ccccc5)c5ccccc5)cc(c42)S3)cc1. The lowest BCUT2D eigenvalue weighted by Gasteiger charge is -2.41. The van der Waals surface area contributed by atoms with Crippen molar-refractivity contribution in [2.24, 2.45) is 0 Å². The van der Waals surface area contributed by atoms with Crippen molar-refractivity contribution in [2.75, 3.05) is 9.80 Å². The number of para-hydroxylation sites is 6. The Morgan fingerprint density at radius 3 is 0.986 bits per heavy atom. The quantitative estimate of drug-likeness (QED) is 0.141. The Labute approximate surface area is 440 Å². The van der Waals surface area contributed by atoms with Crippen LogP contribution in [0.1, 0.15) is 0 Å². The summed E-state index contributed by atoms with van der Waals surface area (Å²) in [5, 5.41) is 0. The molecule has 11 aromatic rings. The van der Waals surface area contributed by atoms with Crippen molar-refractivity contribution in [1.82, 2.24) is 0 Å². The molecule has 0 atom stereocenters. The van der Waals surface area contributed by atoms with Crippen LogP contribution in [0.5, 0.6) is 23.0 Å². The molecular formula is C66H42B2N2O2S2. The topological polar surface area (TPSA) is 24.9 Å². The van der Waals surface area contributed by atoms with E-state index in [1.54, 1.807) is 0 Å². The van der Waals surface area contributed by atoms with Gasteiger partial charge in [0.2, 0.25) is 0 Å². The number of anilines is 6. The fraction of sp³-hybridized carbons (Fsp3) is 0. The summed E-state index contributed by atoms with van der Waals surface area (Å²) in [4.78, 5) is 9.59. The van der Waals surface area contributed by atoms with E-state index >= 15 is 0 Å². The lowest BCUT2D eigenvalue weighted by atomic mass is 9.30. The van der Waals surface area contributed by atoms with Crippen LogP contribution in [0.25, 0.3) is 22.3 Å². The van der Waals surface area contributed by atoms with Crippen LogP contribution in [0.2, 0.25) is 0 Å². The van der Waals surface area contributed by atoms with E-state index in [2.05, 4.69) is 265 Å². The maximum atomic E-state index is 7.16.